The lowest BCUT2D eigenvalue weighted by molar-refractivity contribution is 0.304. The lowest BCUT2D eigenvalue weighted by Crippen LogP contribution is -2.17. The van der Waals surface area contributed by atoms with Crippen LogP contribution in [-0.4, -0.2) is 19.7 Å². The van der Waals surface area contributed by atoms with E-state index in [2.05, 4.69) is 36.1 Å². The van der Waals surface area contributed by atoms with Crippen LogP contribution in [0.1, 0.15) is 71.1 Å². The van der Waals surface area contributed by atoms with E-state index in [1.165, 1.54) is 83.0 Å². The fourth-order valence-corrected chi connectivity index (χ4v) is 3.15. The fraction of sp³-hybridized carbons (Fsp3) is 0.700. The Labute approximate surface area is 136 Å². The molecular formula is C20H33NO. The van der Waals surface area contributed by atoms with Gasteiger partial charge in [0.1, 0.15) is 5.75 Å². The smallest absolute Gasteiger partial charge is 0.119 e. The van der Waals surface area contributed by atoms with Crippen LogP contribution in [0.5, 0.6) is 5.75 Å². The number of nitrogens with zero attached hydrogens (tertiary/aromatic N) is 1. The Morgan fingerprint density at radius 3 is 2.05 bits per heavy atom. The Morgan fingerprint density at radius 2 is 1.41 bits per heavy atom. The minimum absolute atomic E-state index is 0.859. The molecule has 0 aromatic heterocycles. The Bertz CT molecular complexity index is 381. The molecule has 2 heteroatoms. The van der Waals surface area contributed by atoms with Crippen molar-refractivity contribution in [3.8, 4) is 5.75 Å². The van der Waals surface area contributed by atoms with Crippen molar-refractivity contribution in [2.24, 2.45) is 0 Å². The minimum Gasteiger partial charge on any atom is -0.494 e. The van der Waals surface area contributed by atoms with Gasteiger partial charge in [0.25, 0.3) is 0 Å². The van der Waals surface area contributed by atoms with Crippen molar-refractivity contribution in [3.63, 3.8) is 0 Å². The van der Waals surface area contributed by atoms with Crippen molar-refractivity contribution in [2.75, 3.05) is 24.6 Å². The van der Waals surface area contributed by atoms with E-state index in [-0.39, 0.29) is 0 Å². The van der Waals surface area contributed by atoms with Crippen molar-refractivity contribution in [2.45, 2.75) is 71.1 Å². The Balaban J connectivity index is 1.52. The van der Waals surface area contributed by atoms with Crippen LogP contribution < -0.4 is 9.64 Å². The average molecular weight is 303 g/mol. The van der Waals surface area contributed by atoms with Crippen LogP contribution in [-0.2, 0) is 0 Å². The highest BCUT2D eigenvalue weighted by molar-refractivity contribution is 5.49. The van der Waals surface area contributed by atoms with Crippen LogP contribution >= 0.6 is 0 Å². The van der Waals surface area contributed by atoms with Gasteiger partial charge in [0, 0.05) is 18.8 Å². The molecule has 0 amide bonds. The average Bonchev–Trinajstić information content (AvgIpc) is 3.08. The third-order valence-corrected chi connectivity index (χ3v) is 4.57. The molecule has 1 heterocycles. The molecule has 1 aliphatic rings. The van der Waals surface area contributed by atoms with Crippen molar-refractivity contribution in [3.05, 3.63) is 24.3 Å². The quantitative estimate of drug-likeness (QED) is 0.478. The SMILES string of the molecule is CCCCCCCCCCOc1ccc(N2CCCC2)cc1. The summed E-state index contributed by atoms with van der Waals surface area (Å²) in [5.41, 5.74) is 1.34. The lowest BCUT2D eigenvalue weighted by Gasteiger charge is -2.17. The highest BCUT2D eigenvalue weighted by Crippen LogP contribution is 2.23. The molecule has 1 aromatic rings. The second-order valence-electron chi connectivity index (χ2n) is 6.51. The molecule has 0 saturated carbocycles. The van der Waals surface area contributed by atoms with Crippen molar-refractivity contribution in [1.29, 1.82) is 0 Å². The van der Waals surface area contributed by atoms with E-state index < -0.39 is 0 Å². The molecule has 0 spiro atoms. The van der Waals surface area contributed by atoms with Gasteiger partial charge in [0.2, 0.25) is 0 Å². The first-order valence-electron chi connectivity index (χ1n) is 9.38. The largest absolute Gasteiger partial charge is 0.494 e. The number of ether oxygens (including phenoxy) is 1. The van der Waals surface area contributed by atoms with Gasteiger partial charge >= 0.3 is 0 Å². The van der Waals surface area contributed by atoms with E-state index in [1.807, 2.05) is 0 Å². The topological polar surface area (TPSA) is 12.5 Å². The van der Waals surface area contributed by atoms with Gasteiger partial charge in [-0.05, 0) is 43.5 Å². The summed E-state index contributed by atoms with van der Waals surface area (Å²) in [5.74, 6) is 1.02. The zero-order valence-corrected chi connectivity index (χ0v) is 14.4. The first-order valence-corrected chi connectivity index (χ1v) is 9.38. The van der Waals surface area contributed by atoms with Gasteiger partial charge < -0.3 is 9.64 Å². The monoisotopic (exact) mass is 303 g/mol. The fourth-order valence-electron chi connectivity index (χ4n) is 3.15. The number of unbranched alkanes of at least 4 members (excludes halogenated alkanes) is 7. The number of benzene rings is 1. The predicted molar refractivity (Wildman–Crippen MR) is 96.0 cm³/mol. The summed E-state index contributed by atoms with van der Waals surface area (Å²) in [6.45, 7) is 5.55. The normalized spacial score (nSPS) is 14.5. The Hall–Kier alpha value is -1.18. The number of anilines is 1. The predicted octanol–water partition coefficient (Wildman–Crippen LogP) is 5.81. The van der Waals surface area contributed by atoms with Gasteiger partial charge in [0.05, 0.1) is 6.61 Å². The summed E-state index contributed by atoms with van der Waals surface area (Å²) in [7, 11) is 0. The summed E-state index contributed by atoms with van der Waals surface area (Å²) >= 11 is 0. The van der Waals surface area contributed by atoms with E-state index >= 15 is 0 Å². The molecule has 0 atom stereocenters. The van der Waals surface area contributed by atoms with Crippen LogP contribution in [0.25, 0.3) is 0 Å². The van der Waals surface area contributed by atoms with Crippen LogP contribution in [0.3, 0.4) is 0 Å². The van der Waals surface area contributed by atoms with E-state index in [9.17, 15) is 0 Å². The molecule has 1 aliphatic heterocycles. The van der Waals surface area contributed by atoms with E-state index in [1.54, 1.807) is 0 Å². The van der Waals surface area contributed by atoms with Crippen molar-refractivity contribution in [1.82, 2.24) is 0 Å². The molecule has 0 radical (unpaired) electrons. The maximum Gasteiger partial charge on any atom is 0.119 e. The van der Waals surface area contributed by atoms with E-state index in [0.29, 0.717) is 0 Å². The molecule has 0 bridgehead atoms. The van der Waals surface area contributed by atoms with Gasteiger partial charge in [-0.3, -0.25) is 0 Å². The molecule has 124 valence electrons. The second-order valence-corrected chi connectivity index (χ2v) is 6.51. The molecule has 0 unspecified atom stereocenters. The molecule has 1 aromatic carbocycles. The van der Waals surface area contributed by atoms with Crippen molar-refractivity contribution < 1.29 is 4.74 Å². The third kappa shape index (κ3) is 6.29. The first-order chi connectivity index (χ1) is 10.9. The number of hydrogen-bond donors (Lipinski definition) is 0. The second kappa shape index (κ2) is 10.5. The van der Waals surface area contributed by atoms with Crippen LogP contribution in [0.2, 0.25) is 0 Å². The van der Waals surface area contributed by atoms with Gasteiger partial charge in [0.15, 0.2) is 0 Å². The number of rotatable bonds is 11. The molecule has 22 heavy (non-hydrogen) atoms. The van der Waals surface area contributed by atoms with Crippen LogP contribution in [0.15, 0.2) is 24.3 Å². The standard InChI is InChI=1S/C20H33NO/c1-2-3-4-5-6-7-8-11-18-22-20-14-12-19(13-15-20)21-16-9-10-17-21/h12-15H,2-11,16-18H2,1H3. The zero-order valence-electron chi connectivity index (χ0n) is 14.4. The molecule has 1 saturated heterocycles. The zero-order chi connectivity index (χ0) is 15.5. The third-order valence-electron chi connectivity index (χ3n) is 4.57. The summed E-state index contributed by atoms with van der Waals surface area (Å²) in [6.07, 6.45) is 13.5. The van der Waals surface area contributed by atoms with Crippen LogP contribution in [0.4, 0.5) is 5.69 Å². The molecule has 0 N–H and O–H groups in total. The van der Waals surface area contributed by atoms with E-state index in [4.69, 9.17) is 4.74 Å². The molecule has 0 aliphatic carbocycles. The Morgan fingerprint density at radius 1 is 0.818 bits per heavy atom. The van der Waals surface area contributed by atoms with Gasteiger partial charge in [-0.2, -0.15) is 0 Å². The lowest BCUT2D eigenvalue weighted by atomic mass is 10.1. The molecule has 2 rings (SSSR count). The Kier molecular flexibility index (Phi) is 8.22. The molecule has 1 fully saturated rings. The highest BCUT2D eigenvalue weighted by Gasteiger charge is 2.11. The van der Waals surface area contributed by atoms with E-state index in [0.717, 1.165) is 12.4 Å². The van der Waals surface area contributed by atoms with Gasteiger partial charge in [-0.25, -0.2) is 0 Å². The summed E-state index contributed by atoms with van der Waals surface area (Å²) in [5, 5.41) is 0. The summed E-state index contributed by atoms with van der Waals surface area (Å²) in [4.78, 5) is 2.46. The summed E-state index contributed by atoms with van der Waals surface area (Å²) in [6, 6.07) is 8.65. The molecule has 2 nitrogen and oxygen atoms in total. The number of hydrogen-bond acceptors (Lipinski definition) is 2. The highest BCUT2D eigenvalue weighted by atomic mass is 16.5. The first kappa shape index (κ1) is 17.2. The van der Waals surface area contributed by atoms with Crippen molar-refractivity contribution >= 4 is 5.69 Å². The maximum atomic E-state index is 5.85. The van der Waals surface area contributed by atoms with Gasteiger partial charge in [-0.1, -0.05) is 51.9 Å². The minimum atomic E-state index is 0.859. The van der Waals surface area contributed by atoms with Crippen LogP contribution in [0, 0.1) is 0 Å². The molecular weight excluding hydrogens is 270 g/mol. The van der Waals surface area contributed by atoms with Gasteiger partial charge in [-0.15, -0.1) is 0 Å². The summed E-state index contributed by atoms with van der Waals surface area (Å²) < 4.78 is 5.85. The maximum absolute atomic E-state index is 5.85.